The van der Waals surface area contributed by atoms with Crippen LogP contribution in [-0.4, -0.2) is 36.1 Å². The van der Waals surface area contributed by atoms with Crippen LogP contribution in [0, 0.1) is 0 Å². The minimum absolute atomic E-state index is 0.133. The van der Waals surface area contributed by atoms with Gasteiger partial charge in [0, 0.05) is 18.1 Å². The van der Waals surface area contributed by atoms with E-state index in [-0.39, 0.29) is 5.54 Å². The van der Waals surface area contributed by atoms with Crippen LogP contribution in [0.4, 0.5) is 0 Å². The van der Waals surface area contributed by atoms with Crippen LogP contribution in [-0.2, 0) is 5.54 Å². The minimum atomic E-state index is 0.133. The van der Waals surface area contributed by atoms with Crippen molar-refractivity contribution in [3.8, 4) is 0 Å². The van der Waals surface area contributed by atoms with Crippen molar-refractivity contribution in [2.75, 3.05) is 26.2 Å². The van der Waals surface area contributed by atoms with Gasteiger partial charge in [0.15, 0.2) is 0 Å². The van der Waals surface area contributed by atoms with Gasteiger partial charge in [0.05, 0.1) is 5.54 Å². The van der Waals surface area contributed by atoms with Gasteiger partial charge in [0.1, 0.15) is 5.01 Å². The van der Waals surface area contributed by atoms with E-state index in [9.17, 15) is 0 Å². The molecule has 1 aromatic heterocycles. The van der Waals surface area contributed by atoms with Crippen LogP contribution in [0.25, 0.3) is 0 Å². The SMILES string of the molecule is CCCNC1(c2nccs2)CCCN(CC)CC1. The van der Waals surface area contributed by atoms with Crippen molar-refractivity contribution in [3.63, 3.8) is 0 Å². The molecule has 0 aliphatic carbocycles. The van der Waals surface area contributed by atoms with Crippen LogP contribution in [0.3, 0.4) is 0 Å². The fraction of sp³-hybridized carbons (Fsp3) is 0.786. The maximum absolute atomic E-state index is 4.60. The first-order chi connectivity index (χ1) is 8.80. The van der Waals surface area contributed by atoms with Gasteiger partial charge in [-0.1, -0.05) is 13.8 Å². The Hall–Kier alpha value is -0.450. The number of hydrogen-bond acceptors (Lipinski definition) is 4. The Morgan fingerprint density at radius 1 is 1.39 bits per heavy atom. The van der Waals surface area contributed by atoms with Crippen molar-refractivity contribution in [3.05, 3.63) is 16.6 Å². The van der Waals surface area contributed by atoms with Crippen LogP contribution in [0.2, 0.25) is 0 Å². The standard InChI is InChI=1S/C14H25N3S/c1-3-8-16-14(13-15-9-12-18-13)6-5-10-17(4-2)11-7-14/h9,12,16H,3-8,10-11H2,1-2H3. The zero-order valence-electron chi connectivity index (χ0n) is 11.6. The van der Waals surface area contributed by atoms with E-state index in [1.54, 1.807) is 11.3 Å². The Morgan fingerprint density at radius 3 is 2.94 bits per heavy atom. The zero-order valence-corrected chi connectivity index (χ0v) is 12.4. The van der Waals surface area contributed by atoms with Crippen molar-refractivity contribution in [1.82, 2.24) is 15.2 Å². The highest BCUT2D eigenvalue weighted by atomic mass is 32.1. The Morgan fingerprint density at radius 2 is 2.28 bits per heavy atom. The van der Waals surface area contributed by atoms with E-state index in [2.05, 4.69) is 34.4 Å². The predicted molar refractivity (Wildman–Crippen MR) is 78.1 cm³/mol. The highest BCUT2D eigenvalue weighted by Crippen LogP contribution is 2.34. The van der Waals surface area contributed by atoms with E-state index in [0.29, 0.717) is 0 Å². The van der Waals surface area contributed by atoms with Gasteiger partial charge in [-0.3, -0.25) is 0 Å². The minimum Gasteiger partial charge on any atom is -0.305 e. The maximum atomic E-state index is 4.60. The number of hydrogen-bond donors (Lipinski definition) is 1. The molecule has 2 rings (SSSR count). The molecule has 18 heavy (non-hydrogen) atoms. The van der Waals surface area contributed by atoms with Gasteiger partial charge < -0.3 is 10.2 Å². The molecule has 0 aromatic carbocycles. The average molecular weight is 267 g/mol. The number of rotatable bonds is 5. The first-order valence-corrected chi connectivity index (χ1v) is 8.06. The number of nitrogens with zero attached hydrogens (tertiary/aromatic N) is 2. The Kier molecular flexibility index (Phi) is 5.15. The van der Waals surface area contributed by atoms with E-state index in [1.807, 2.05) is 6.20 Å². The molecule has 0 saturated carbocycles. The Balaban J connectivity index is 2.14. The topological polar surface area (TPSA) is 28.2 Å². The third kappa shape index (κ3) is 3.11. The molecule has 0 spiro atoms. The normalized spacial score (nSPS) is 26.1. The molecule has 0 amide bonds. The van der Waals surface area contributed by atoms with E-state index in [0.717, 1.165) is 6.54 Å². The van der Waals surface area contributed by atoms with E-state index in [4.69, 9.17) is 0 Å². The zero-order chi connectivity index (χ0) is 12.8. The second kappa shape index (κ2) is 6.64. The monoisotopic (exact) mass is 267 g/mol. The quantitative estimate of drug-likeness (QED) is 0.889. The predicted octanol–water partition coefficient (Wildman–Crippen LogP) is 2.84. The molecular weight excluding hydrogens is 242 g/mol. The molecule has 102 valence electrons. The second-order valence-corrected chi connectivity index (χ2v) is 6.03. The highest BCUT2D eigenvalue weighted by molar-refractivity contribution is 7.09. The summed E-state index contributed by atoms with van der Waals surface area (Å²) in [5.74, 6) is 0. The fourth-order valence-corrected chi connectivity index (χ4v) is 3.67. The molecule has 1 aliphatic rings. The Labute approximate surface area is 115 Å². The first-order valence-electron chi connectivity index (χ1n) is 7.18. The molecule has 1 unspecified atom stereocenters. The lowest BCUT2D eigenvalue weighted by Gasteiger charge is -2.32. The number of aromatic nitrogens is 1. The van der Waals surface area contributed by atoms with Gasteiger partial charge in [-0.25, -0.2) is 4.98 Å². The highest BCUT2D eigenvalue weighted by Gasteiger charge is 2.35. The molecule has 1 saturated heterocycles. The molecule has 3 nitrogen and oxygen atoms in total. The fourth-order valence-electron chi connectivity index (χ4n) is 2.80. The summed E-state index contributed by atoms with van der Waals surface area (Å²) in [5.41, 5.74) is 0.133. The lowest BCUT2D eigenvalue weighted by Crippen LogP contribution is -2.43. The molecule has 1 fully saturated rings. The molecular formula is C14H25N3S. The van der Waals surface area contributed by atoms with Crippen LogP contribution in [0.5, 0.6) is 0 Å². The average Bonchev–Trinajstić information content (AvgIpc) is 2.85. The molecule has 1 aliphatic heterocycles. The van der Waals surface area contributed by atoms with Crippen molar-refractivity contribution >= 4 is 11.3 Å². The summed E-state index contributed by atoms with van der Waals surface area (Å²) in [6.45, 7) is 9.17. The van der Waals surface area contributed by atoms with Gasteiger partial charge in [0.2, 0.25) is 0 Å². The van der Waals surface area contributed by atoms with Gasteiger partial charge in [-0.2, -0.15) is 0 Å². The summed E-state index contributed by atoms with van der Waals surface area (Å²) in [5, 5.41) is 7.18. The Bertz CT molecular complexity index is 339. The van der Waals surface area contributed by atoms with Crippen molar-refractivity contribution in [2.24, 2.45) is 0 Å². The molecule has 1 N–H and O–H groups in total. The summed E-state index contributed by atoms with van der Waals surface area (Å²) in [7, 11) is 0. The van der Waals surface area contributed by atoms with Crippen LogP contribution in [0.15, 0.2) is 11.6 Å². The van der Waals surface area contributed by atoms with Gasteiger partial charge >= 0.3 is 0 Å². The molecule has 4 heteroatoms. The van der Waals surface area contributed by atoms with Crippen LogP contribution in [0.1, 0.15) is 44.5 Å². The molecule has 0 bridgehead atoms. The van der Waals surface area contributed by atoms with Gasteiger partial charge in [-0.15, -0.1) is 11.3 Å². The van der Waals surface area contributed by atoms with Gasteiger partial charge in [-0.05, 0) is 45.3 Å². The number of nitrogens with one attached hydrogen (secondary N) is 1. The third-order valence-corrected chi connectivity index (χ3v) is 4.91. The van der Waals surface area contributed by atoms with E-state index < -0.39 is 0 Å². The molecule has 0 radical (unpaired) electrons. The second-order valence-electron chi connectivity index (χ2n) is 5.13. The van der Waals surface area contributed by atoms with Gasteiger partial charge in [0.25, 0.3) is 0 Å². The van der Waals surface area contributed by atoms with Crippen molar-refractivity contribution in [2.45, 2.75) is 45.1 Å². The summed E-state index contributed by atoms with van der Waals surface area (Å²) >= 11 is 1.80. The lowest BCUT2D eigenvalue weighted by atomic mass is 9.91. The molecule has 2 heterocycles. The summed E-state index contributed by atoms with van der Waals surface area (Å²) < 4.78 is 0. The summed E-state index contributed by atoms with van der Waals surface area (Å²) in [4.78, 5) is 7.15. The molecule has 1 aromatic rings. The third-order valence-electron chi connectivity index (χ3n) is 3.94. The largest absolute Gasteiger partial charge is 0.305 e. The number of thiazole rings is 1. The van der Waals surface area contributed by atoms with Crippen LogP contribution >= 0.6 is 11.3 Å². The smallest absolute Gasteiger partial charge is 0.113 e. The summed E-state index contributed by atoms with van der Waals surface area (Å²) in [6.07, 6.45) is 6.80. The number of likely N-dealkylation sites (tertiary alicyclic amines) is 1. The lowest BCUT2D eigenvalue weighted by molar-refractivity contribution is 0.264. The maximum Gasteiger partial charge on any atom is 0.113 e. The summed E-state index contributed by atoms with van der Waals surface area (Å²) in [6, 6.07) is 0. The van der Waals surface area contributed by atoms with Crippen LogP contribution < -0.4 is 5.32 Å². The molecule has 1 atom stereocenters. The van der Waals surface area contributed by atoms with E-state index in [1.165, 1.54) is 50.3 Å². The first kappa shape index (κ1) is 14.0. The van der Waals surface area contributed by atoms with Crippen molar-refractivity contribution < 1.29 is 0 Å². The van der Waals surface area contributed by atoms with Crippen molar-refractivity contribution in [1.29, 1.82) is 0 Å². The van der Waals surface area contributed by atoms with E-state index >= 15 is 0 Å².